The number of halogens is 1. The van der Waals surface area contributed by atoms with Crippen molar-refractivity contribution in [2.45, 2.75) is 5.92 Å². The van der Waals surface area contributed by atoms with Crippen molar-refractivity contribution >= 4 is 5.71 Å². The number of hydrogen-bond acceptors (Lipinski definition) is 4. The molecule has 1 heterocycles. The van der Waals surface area contributed by atoms with Crippen molar-refractivity contribution in [2.75, 3.05) is 20.1 Å². The van der Waals surface area contributed by atoms with Crippen LogP contribution in [0.3, 0.4) is 0 Å². The number of benzene rings is 1. The van der Waals surface area contributed by atoms with Gasteiger partial charge in [0.2, 0.25) is 5.41 Å². The van der Waals surface area contributed by atoms with Crippen molar-refractivity contribution in [2.24, 2.45) is 17.3 Å². The van der Waals surface area contributed by atoms with Crippen LogP contribution in [0, 0.1) is 62.5 Å². The Labute approximate surface area is 145 Å². The molecule has 2 N–H and O–H groups in total. The first-order valence-electron chi connectivity index (χ1n) is 8.07. The van der Waals surface area contributed by atoms with Gasteiger partial charge in [-0.05, 0) is 23.3 Å². The first kappa shape index (κ1) is 16.8. The largest absolute Gasteiger partial charge is 0.334 e. The zero-order valence-corrected chi connectivity index (χ0v) is 13.8. The van der Waals surface area contributed by atoms with E-state index in [-0.39, 0.29) is 11.6 Å². The Hall–Kier alpha value is -3.01. The molecule has 1 aromatic rings. The third-order valence-electron chi connectivity index (χ3n) is 5.32. The van der Waals surface area contributed by atoms with Crippen LogP contribution >= 0.6 is 0 Å². The molecule has 0 spiro atoms. The Kier molecular flexibility index (Phi) is 4.13. The van der Waals surface area contributed by atoms with Gasteiger partial charge in [0.1, 0.15) is 5.82 Å². The maximum Gasteiger partial charge on any atom is 0.203 e. The number of rotatable bonds is 1. The van der Waals surface area contributed by atoms with E-state index in [9.17, 15) is 20.2 Å². The van der Waals surface area contributed by atoms with Gasteiger partial charge >= 0.3 is 0 Å². The molecular weight excluding hydrogens is 317 g/mol. The molecular formula is C19H17FN5+. The van der Waals surface area contributed by atoms with Gasteiger partial charge in [0.15, 0.2) is 0 Å². The summed E-state index contributed by atoms with van der Waals surface area (Å²) in [6.07, 6.45) is 1.83. The molecule has 4 atom stereocenters. The topological polar surface area (TPSA) is 99.7 Å². The molecule has 25 heavy (non-hydrogen) atoms. The molecule has 1 aromatic carbocycles. The summed E-state index contributed by atoms with van der Waals surface area (Å²) in [4.78, 5) is 1.16. The molecule has 1 aliphatic carbocycles. The SMILES string of the molecule is C[NH+]1CC=C2[C@H](C1)[C@@H](c1ccccc1F)[C@@H](C#N)C(=N)C2(C#N)C#N. The number of hydrogen-bond donors (Lipinski definition) is 2. The van der Waals surface area contributed by atoms with Crippen LogP contribution in [0.5, 0.6) is 0 Å². The Morgan fingerprint density at radius 3 is 2.52 bits per heavy atom. The predicted octanol–water partition coefficient (Wildman–Crippen LogP) is 1.19. The summed E-state index contributed by atoms with van der Waals surface area (Å²) < 4.78 is 14.5. The van der Waals surface area contributed by atoms with Gasteiger partial charge in [0, 0.05) is 11.8 Å². The van der Waals surface area contributed by atoms with Crippen molar-refractivity contribution < 1.29 is 9.29 Å². The number of nitrogens with one attached hydrogen (secondary N) is 2. The van der Waals surface area contributed by atoms with Crippen LogP contribution in [0.2, 0.25) is 0 Å². The van der Waals surface area contributed by atoms with Crippen LogP contribution in [0.4, 0.5) is 4.39 Å². The minimum atomic E-state index is -1.73. The highest BCUT2D eigenvalue weighted by Gasteiger charge is 2.57. The maximum atomic E-state index is 14.5. The van der Waals surface area contributed by atoms with E-state index in [1.807, 2.05) is 25.3 Å². The van der Waals surface area contributed by atoms with E-state index in [4.69, 9.17) is 5.41 Å². The van der Waals surface area contributed by atoms with Crippen molar-refractivity contribution in [3.05, 3.63) is 47.3 Å². The Morgan fingerprint density at radius 2 is 1.92 bits per heavy atom. The van der Waals surface area contributed by atoms with Gasteiger partial charge in [-0.15, -0.1) is 0 Å². The van der Waals surface area contributed by atoms with Gasteiger partial charge in [-0.1, -0.05) is 18.2 Å². The Bertz CT molecular complexity index is 868. The summed E-state index contributed by atoms with van der Waals surface area (Å²) in [6, 6.07) is 12.3. The smallest absolute Gasteiger partial charge is 0.203 e. The Morgan fingerprint density at radius 1 is 1.24 bits per heavy atom. The highest BCUT2D eigenvalue weighted by molar-refractivity contribution is 6.01. The highest BCUT2D eigenvalue weighted by Crippen LogP contribution is 2.51. The molecule has 3 rings (SSSR count). The van der Waals surface area contributed by atoms with Crippen LogP contribution in [0.25, 0.3) is 0 Å². The Balaban J connectivity index is 2.26. The number of likely N-dealkylation sites (N-methyl/N-ethyl adjacent to an activating group) is 1. The quantitative estimate of drug-likeness (QED) is 0.754. The van der Waals surface area contributed by atoms with E-state index < -0.39 is 23.1 Å². The minimum Gasteiger partial charge on any atom is -0.334 e. The number of fused-ring (bicyclic) bond motifs is 1. The van der Waals surface area contributed by atoms with E-state index in [0.29, 0.717) is 24.2 Å². The second-order valence-electron chi connectivity index (χ2n) is 6.67. The third-order valence-corrected chi connectivity index (χ3v) is 5.32. The fourth-order valence-corrected chi connectivity index (χ4v) is 4.12. The zero-order chi connectivity index (χ0) is 18.2. The summed E-state index contributed by atoms with van der Waals surface area (Å²) in [6.45, 7) is 1.22. The lowest BCUT2D eigenvalue weighted by Gasteiger charge is -2.45. The van der Waals surface area contributed by atoms with Crippen molar-refractivity contribution in [1.82, 2.24) is 0 Å². The van der Waals surface area contributed by atoms with Gasteiger partial charge < -0.3 is 10.3 Å². The van der Waals surface area contributed by atoms with Crippen molar-refractivity contribution in [3.63, 3.8) is 0 Å². The number of quaternary nitrogens is 1. The molecule has 1 saturated carbocycles. The van der Waals surface area contributed by atoms with E-state index in [0.717, 1.165) is 4.90 Å². The third kappa shape index (κ3) is 2.33. The molecule has 124 valence electrons. The summed E-state index contributed by atoms with van der Waals surface area (Å²) in [5.41, 5.74) is -1.05. The second-order valence-corrected chi connectivity index (χ2v) is 6.67. The van der Waals surface area contributed by atoms with Crippen molar-refractivity contribution in [1.29, 1.82) is 21.2 Å². The zero-order valence-electron chi connectivity index (χ0n) is 13.8. The minimum absolute atomic E-state index is 0.240. The lowest BCUT2D eigenvalue weighted by Crippen LogP contribution is -3.10. The predicted molar refractivity (Wildman–Crippen MR) is 87.8 cm³/mol. The van der Waals surface area contributed by atoms with Gasteiger partial charge in [0.05, 0.1) is 50.0 Å². The fraction of sp³-hybridized carbons (Fsp3) is 0.368. The van der Waals surface area contributed by atoms with E-state index in [2.05, 4.69) is 6.07 Å². The molecule has 5 nitrogen and oxygen atoms in total. The summed E-state index contributed by atoms with van der Waals surface area (Å²) >= 11 is 0. The van der Waals surface area contributed by atoms with Gasteiger partial charge in [0.25, 0.3) is 0 Å². The lowest BCUT2D eigenvalue weighted by molar-refractivity contribution is -0.878. The van der Waals surface area contributed by atoms with Crippen molar-refractivity contribution in [3.8, 4) is 18.2 Å². The average Bonchev–Trinajstić information content (AvgIpc) is 2.62. The molecule has 1 fully saturated rings. The molecule has 0 saturated heterocycles. The summed E-state index contributed by atoms with van der Waals surface area (Å²) in [5.74, 6) is -2.34. The van der Waals surface area contributed by atoms with Gasteiger partial charge in [-0.3, -0.25) is 0 Å². The summed E-state index contributed by atoms with van der Waals surface area (Å²) in [5, 5.41) is 37.5. The van der Waals surface area contributed by atoms with Gasteiger partial charge in [-0.2, -0.15) is 15.8 Å². The molecule has 0 bridgehead atoms. The normalized spacial score (nSPS) is 30.2. The molecule has 1 aliphatic heterocycles. The van der Waals surface area contributed by atoms with Crippen LogP contribution in [0.15, 0.2) is 35.9 Å². The molecule has 6 heteroatoms. The van der Waals surface area contributed by atoms with E-state index in [1.165, 1.54) is 6.07 Å². The molecule has 0 radical (unpaired) electrons. The summed E-state index contributed by atoms with van der Waals surface area (Å²) in [7, 11) is 1.98. The van der Waals surface area contributed by atoms with Crippen LogP contribution in [0.1, 0.15) is 11.5 Å². The van der Waals surface area contributed by atoms with E-state index >= 15 is 0 Å². The average molecular weight is 334 g/mol. The highest BCUT2D eigenvalue weighted by atomic mass is 19.1. The second kappa shape index (κ2) is 6.13. The maximum absolute atomic E-state index is 14.5. The number of nitriles is 3. The standard InChI is InChI=1S/C19H16FN5/c1-25-7-6-15-14(9-25)17(12-4-2-3-5-16(12)20)13(8-21)18(24)19(15,10-22)11-23/h2-6,13-14,17,24H,7,9H2,1H3/p+1/t13-,14+,17+/m1/s1. The van der Waals surface area contributed by atoms with Gasteiger partial charge in [-0.25, -0.2) is 4.39 Å². The molecule has 0 aromatic heterocycles. The lowest BCUT2D eigenvalue weighted by atomic mass is 9.55. The molecule has 0 amide bonds. The first-order valence-corrected chi connectivity index (χ1v) is 8.07. The monoisotopic (exact) mass is 334 g/mol. The fourth-order valence-electron chi connectivity index (χ4n) is 4.12. The molecule has 2 aliphatic rings. The van der Waals surface area contributed by atoms with E-state index in [1.54, 1.807) is 18.2 Å². The first-order chi connectivity index (χ1) is 12.0. The number of nitrogens with zero attached hydrogens (tertiary/aromatic N) is 3. The van der Waals surface area contributed by atoms with Crippen LogP contribution in [-0.4, -0.2) is 25.8 Å². The van der Waals surface area contributed by atoms with Crippen LogP contribution < -0.4 is 4.90 Å². The molecule has 1 unspecified atom stereocenters. The van der Waals surface area contributed by atoms with Crippen LogP contribution in [-0.2, 0) is 0 Å².